The van der Waals surface area contributed by atoms with E-state index in [-0.39, 0.29) is 0 Å². The maximum atomic E-state index is 6.18. The second-order valence-corrected chi connectivity index (χ2v) is 5.81. The fraction of sp³-hybridized carbons (Fsp3) is 0.438. The summed E-state index contributed by atoms with van der Waals surface area (Å²) >= 11 is 0. The zero-order chi connectivity index (χ0) is 13.6. The molecule has 0 bridgehead atoms. The molecule has 0 radical (unpaired) electrons. The van der Waals surface area contributed by atoms with E-state index in [1.165, 1.54) is 18.4 Å². The summed E-state index contributed by atoms with van der Waals surface area (Å²) in [5.41, 5.74) is 9.66. The van der Waals surface area contributed by atoms with Crippen LogP contribution < -0.4 is 5.73 Å². The summed E-state index contributed by atoms with van der Waals surface area (Å²) in [7, 11) is 1.99. The van der Waals surface area contributed by atoms with E-state index < -0.39 is 0 Å². The van der Waals surface area contributed by atoms with Crippen LogP contribution in [0.1, 0.15) is 49.9 Å². The smallest absolute Gasteiger partial charge is 0.131 e. The first-order valence-electron chi connectivity index (χ1n) is 7.00. The molecule has 3 heteroatoms. The summed E-state index contributed by atoms with van der Waals surface area (Å²) in [6.45, 7) is 4.28. The van der Waals surface area contributed by atoms with Gasteiger partial charge in [0.25, 0.3) is 0 Å². The Morgan fingerprint density at radius 2 is 1.84 bits per heavy atom. The van der Waals surface area contributed by atoms with E-state index in [0.717, 1.165) is 28.8 Å². The van der Waals surface area contributed by atoms with Crippen LogP contribution >= 0.6 is 0 Å². The third-order valence-corrected chi connectivity index (χ3v) is 3.92. The zero-order valence-electron chi connectivity index (χ0n) is 11.9. The number of hydrogen-bond acceptors (Lipinski definition) is 2. The van der Waals surface area contributed by atoms with E-state index in [4.69, 9.17) is 10.7 Å². The molecule has 0 unspecified atom stereocenters. The first kappa shape index (κ1) is 12.3. The van der Waals surface area contributed by atoms with Crippen molar-refractivity contribution in [1.29, 1.82) is 0 Å². The van der Waals surface area contributed by atoms with Crippen molar-refractivity contribution in [3.05, 3.63) is 35.7 Å². The van der Waals surface area contributed by atoms with Crippen LogP contribution in [0, 0.1) is 0 Å². The zero-order valence-corrected chi connectivity index (χ0v) is 11.9. The first-order chi connectivity index (χ1) is 9.08. The number of nitrogens with two attached hydrogens (primary N) is 1. The number of aromatic nitrogens is 2. The number of rotatable bonds is 3. The Hall–Kier alpha value is -1.77. The molecule has 2 N–H and O–H groups in total. The number of nitrogens with zero attached hydrogens (tertiary/aromatic N) is 2. The Balaban J connectivity index is 1.99. The number of hydrogen-bond donors (Lipinski definition) is 1. The molecule has 2 aromatic rings. The summed E-state index contributed by atoms with van der Waals surface area (Å²) in [6, 6.07) is 8.74. The van der Waals surface area contributed by atoms with Gasteiger partial charge in [-0.2, -0.15) is 0 Å². The van der Waals surface area contributed by atoms with E-state index in [2.05, 4.69) is 38.1 Å². The molecule has 0 atom stereocenters. The van der Waals surface area contributed by atoms with E-state index >= 15 is 0 Å². The Bertz CT molecular complexity index is 589. The minimum absolute atomic E-state index is 0.381. The second kappa shape index (κ2) is 4.41. The van der Waals surface area contributed by atoms with Crippen molar-refractivity contribution in [2.24, 2.45) is 7.05 Å². The molecule has 0 spiro atoms. The number of nitrogen functional groups attached to an aromatic ring is 1. The van der Waals surface area contributed by atoms with Gasteiger partial charge in [0.15, 0.2) is 0 Å². The summed E-state index contributed by atoms with van der Waals surface area (Å²) in [6.07, 6.45) is 2.67. The van der Waals surface area contributed by atoms with E-state index in [1.807, 2.05) is 11.6 Å². The molecule has 0 aliphatic heterocycles. The molecule has 3 rings (SSSR count). The molecule has 0 amide bonds. The molecule has 1 aliphatic rings. The van der Waals surface area contributed by atoms with Gasteiger partial charge in [-0.25, -0.2) is 4.98 Å². The molecule has 1 fully saturated rings. The van der Waals surface area contributed by atoms with Crippen molar-refractivity contribution in [3.8, 4) is 11.3 Å². The van der Waals surface area contributed by atoms with Gasteiger partial charge in [0.05, 0.1) is 0 Å². The van der Waals surface area contributed by atoms with Crippen LogP contribution in [-0.4, -0.2) is 9.55 Å². The Morgan fingerprint density at radius 3 is 2.32 bits per heavy atom. The minimum Gasteiger partial charge on any atom is -0.383 e. The van der Waals surface area contributed by atoms with Crippen molar-refractivity contribution in [1.82, 2.24) is 9.55 Å². The van der Waals surface area contributed by atoms with Crippen LogP contribution in [0.4, 0.5) is 5.82 Å². The van der Waals surface area contributed by atoms with Gasteiger partial charge in [-0.05, 0) is 24.3 Å². The van der Waals surface area contributed by atoms with Crippen LogP contribution in [0.2, 0.25) is 0 Å². The minimum atomic E-state index is 0.381. The fourth-order valence-electron chi connectivity index (χ4n) is 2.59. The molecule has 1 aliphatic carbocycles. The number of anilines is 1. The van der Waals surface area contributed by atoms with Crippen LogP contribution in [0.3, 0.4) is 0 Å². The molecule has 0 saturated heterocycles. The molecule has 3 nitrogen and oxygen atoms in total. The monoisotopic (exact) mass is 255 g/mol. The molecular weight excluding hydrogens is 234 g/mol. The van der Waals surface area contributed by atoms with Gasteiger partial charge < -0.3 is 10.3 Å². The Labute approximate surface area is 114 Å². The van der Waals surface area contributed by atoms with Gasteiger partial charge in [0.2, 0.25) is 0 Å². The largest absolute Gasteiger partial charge is 0.383 e. The van der Waals surface area contributed by atoms with E-state index in [0.29, 0.717) is 5.92 Å². The third-order valence-electron chi connectivity index (χ3n) is 3.92. The molecular formula is C16H21N3. The molecule has 100 valence electrons. The lowest BCUT2D eigenvalue weighted by Gasteiger charge is -2.04. The third kappa shape index (κ3) is 2.14. The molecule has 1 saturated carbocycles. The standard InChI is InChI=1S/C16H21N3/c1-10(2)16-18-14(15(17)19(16)3)13-8-6-12(7-9-13)11-4-5-11/h6-11H,4-5,17H2,1-3H3. The van der Waals surface area contributed by atoms with Crippen LogP contribution in [0.25, 0.3) is 11.3 Å². The SMILES string of the molecule is CC(C)c1nc(-c2ccc(C3CC3)cc2)c(N)n1C. The lowest BCUT2D eigenvalue weighted by atomic mass is 10.1. The van der Waals surface area contributed by atoms with Crippen molar-refractivity contribution in [3.63, 3.8) is 0 Å². The van der Waals surface area contributed by atoms with Crippen LogP contribution in [-0.2, 0) is 7.05 Å². The van der Waals surface area contributed by atoms with E-state index in [9.17, 15) is 0 Å². The predicted molar refractivity (Wildman–Crippen MR) is 79.1 cm³/mol. The lowest BCUT2D eigenvalue weighted by molar-refractivity contribution is 0.715. The number of imidazole rings is 1. The first-order valence-corrected chi connectivity index (χ1v) is 7.00. The van der Waals surface area contributed by atoms with Crippen molar-refractivity contribution < 1.29 is 0 Å². The predicted octanol–water partition coefficient (Wildman–Crippen LogP) is 3.67. The highest BCUT2D eigenvalue weighted by molar-refractivity contribution is 5.71. The fourth-order valence-corrected chi connectivity index (χ4v) is 2.59. The molecule has 1 aromatic carbocycles. The average Bonchev–Trinajstić information content (AvgIpc) is 3.19. The normalized spacial score (nSPS) is 15.2. The van der Waals surface area contributed by atoms with Crippen LogP contribution in [0.15, 0.2) is 24.3 Å². The topological polar surface area (TPSA) is 43.8 Å². The average molecular weight is 255 g/mol. The summed E-state index contributed by atoms with van der Waals surface area (Å²) in [4.78, 5) is 4.71. The highest BCUT2D eigenvalue weighted by atomic mass is 15.1. The van der Waals surface area contributed by atoms with Crippen molar-refractivity contribution in [2.45, 2.75) is 38.5 Å². The van der Waals surface area contributed by atoms with Gasteiger partial charge >= 0.3 is 0 Å². The van der Waals surface area contributed by atoms with Gasteiger partial charge in [-0.15, -0.1) is 0 Å². The Kier molecular flexibility index (Phi) is 2.85. The van der Waals surface area contributed by atoms with E-state index in [1.54, 1.807) is 0 Å². The maximum absolute atomic E-state index is 6.18. The van der Waals surface area contributed by atoms with Gasteiger partial charge in [-0.1, -0.05) is 38.1 Å². The van der Waals surface area contributed by atoms with Gasteiger partial charge in [-0.3, -0.25) is 0 Å². The summed E-state index contributed by atoms with van der Waals surface area (Å²) < 4.78 is 1.99. The van der Waals surface area contributed by atoms with Crippen molar-refractivity contribution in [2.75, 3.05) is 5.73 Å². The molecule has 1 heterocycles. The Morgan fingerprint density at radius 1 is 1.21 bits per heavy atom. The van der Waals surface area contributed by atoms with Crippen LogP contribution in [0.5, 0.6) is 0 Å². The summed E-state index contributed by atoms with van der Waals surface area (Å²) in [5, 5.41) is 0. The second-order valence-electron chi connectivity index (χ2n) is 5.81. The quantitative estimate of drug-likeness (QED) is 0.909. The lowest BCUT2D eigenvalue weighted by Crippen LogP contribution is -2.02. The summed E-state index contributed by atoms with van der Waals surface area (Å²) in [5.74, 6) is 2.97. The van der Waals surface area contributed by atoms with Crippen molar-refractivity contribution >= 4 is 5.82 Å². The maximum Gasteiger partial charge on any atom is 0.131 e. The highest BCUT2D eigenvalue weighted by Gasteiger charge is 2.23. The molecule has 19 heavy (non-hydrogen) atoms. The van der Waals surface area contributed by atoms with Gasteiger partial charge in [0.1, 0.15) is 17.3 Å². The van der Waals surface area contributed by atoms with Gasteiger partial charge in [0, 0.05) is 18.5 Å². The number of benzene rings is 1. The highest BCUT2D eigenvalue weighted by Crippen LogP contribution is 2.40. The molecule has 1 aromatic heterocycles.